The van der Waals surface area contributed by atoms with Gasteiger partial charge in [-0.1, -0.05) is 24.3 Å². The van der Waals surface area contributed by atoms with E-state index in [1.54, 1.807) is 32.8 Å². The Bertz CT molecular complexity index is 1360. The first kappa shape index (κ1) is 28.1. The maximum absolute atomic E-state index is 13.4. The minimum atomic E-state index is -0.655. The van der Waals surface area contributed by atoms with Crippen LogP contribution in [-0.4, -0.2) is 100 Å². The third-order valence-corrected chi connectivity index (χ3v) is 8.30. The van der Waals surface area contributed by atoms with Crippen molar-refractivity contribution in [1.82, 2.24) is 29.5 Å². The van der Waals surface area contributed by atoms with Crippen LogP contribution in [-0.2, 0) is 16.0 Å². The van der Waals surface area contributed by atoms with Gasteiger partial charge in [0, 0.05) is 49.0 Å². The van der Waals surface area contributed by atoms with Crippen LogP contribution in [0.3, 0.4) is 0 Å². The number of urea groups is 1. The average molecular weight is 606 g/mol. The molecule has 12 nitrogen and oxygen atoms in total. The number of morpholine rings is 1. The number of thiophene rings is 1. The molecule has 5 rings (SSSR count). The number of nitrogens with one attached hydrogen (secondary N) is 1. The van der Waals surface area contributed by atoms with E-state index < -0.39 is 18.0 Å². The van der Waals surface area contributed by atoms with Gasteiger partial charge in [0.1, 0.15) is 18.1 Å². The van der Waals surface area contributed by atoms with Crippen LogP contribution in [0.4, 0.5) is 15.4 Å². The highest BCUT2D eigenvalue weighted by Gasteiger charge is 2.38. The molecule has 2 aliphatic heterocycles. The summed E-state index contributed by atoms with van der Waals surface area (Å²) >= 11 is 8.82. The third-order valence-electron chi connectivity index (χ3n) is 6.48. The fourth-order valence-corrected chi connectivity index (χ4v) is 6.04. The van der Waals surface area contributed by atoms with E-state index in [0.29, 0.717) is 55.2 Å². The second-order valence-corrected chi connectivity index (χ2v) is 11.5. The number of carbonyl (C=O) groups is 3. The molecular weight excluding hydrogens is 578 g/mol. The molecule has 1 atom stereocenters. The average Bonchev–Trinajstić information content (AvgIpc) is 3.76. The molecule has 1 N–H and O–H groups in total. The van der Waals surface area contributed by atoms with Crippen molar-refractivity contribution in [3.8, 4) is 0 Å². The number of rotatable bonds is 7. The van der Waals surface area contributed by atoms with Gasteiger partial charge < -0.3 is 24.6 Å². The van der Waals surface area contributed by atoms with Crippen LogP contribution in [0.25, 0.3) is 0 Å². The van der Waals surface area contributed by atoms with E-state index in [1.165, 1.54) is 38.3 Å². The molecule has 0 aromatic carbocycles. The first-order valence-electron chi connectivity index (χ1n) is 12.6. The summed E-state index contributed by atoms with van der Waals surface area (Å²) in [7, 11) is 0. The molecule has 3 amide bonds. The summed E-state index contributed by atoms with van der Waals surface area (Å²) in [6, 6.07) is 4.65. The van der Waals surface area contributed by atoms with E-state index in [9.17, 15) is 14.4 Å². The lowest BCUT2D eigenvalue weighted by Crippen LogP contribution is -2.56. The lowest BCUT2D eigenvalue weighted by molar-refractivity contribution is 0.0265. The molecule has 0 aliphatic carbocycles. The zero-order valence-corrected chi connectivity index (χ0v) is 23.9. The number of carbonyl (C=O) groups excluding carboxylic acids is 3. The van der Waals surface area contributed by atoms with Gasteiger partial charge in [-0.15, -0.1) is 22.7 Å². The maximum atomic E-state index is 13.4. The smallest absolute Gasteiger partial charge is 0.410 e. The first-order chi connectivity index (χ1) is 19.4. The number of amides is 3. The Morgan fingerprint density at radius 1 is 1.20 bits per heavy atom. The van der Waals surface area contributed by atoms with Crippen LogP contribution < -0.4 is 5.32 Å². The molecule has 1 unspecified atom stereocenters. The predicted molar refractivity (Wildman–Crippen MR) is 151 cm³/mol. The van der Waals surface area contributed by atoms with Gasteiger partial charge in [0.05, 0.1) is 41.3 Å². The number of anilines is 1. The Hall–Kier alpha value is -3.46. The van der Waals surface area contributed by atoms with Crippen molar-refractivity contribution in [3.05, 3.63) is 62.3 Å². The van der Waals surface area contributed by atoms with Crippen molar-refractivity contribution < 1.29 is 23.9 Å². The zero-order chi connectivity index (χ0) is 28.1. The van der Waals surface area contributed by atoms with Crippen molar-refractivity contribution in [1.29, 1.82) is 0 Å². The van der Waals surface area contributed by atoms with Gasteiger partial charge in [-0.25, -0.2) is 14.6 Å². The Balaban J connectivity index is 1.45. The van der Waals surface area contributed by atoms with Gasteiger partial charge in [0.15, 0.2) is 0 Å². The maximum Gasteiger partial charge on any atom is 0.410 e. The molecule has 0 saturated carbocycles. The lowest BCUT2D eigenvalue weighted by atomic mass is 10.1. The zero-order valence-electron chi connectivity index (χ0n) is 21.5. The van der Waals surface area contributed by atoms with Gasteiger partial charge in [0.25, 0.3) is 5.91 Å². The first-order valence-corrected chi connectivity index (χ1v) is 14.7. The second-order valence-electron chi connectivity index (χ2n) is 9.01. The Labute approximate surface area is 243 Å². The quantitative estimate of drug-likeness (QED) is 0.404. The molecule has 5 heterocycles. The van der Waals surface area contributed by atoms with E-state index >= 15 is 0 Å². The van der Waals surface area contributed by atoms with Crippen molar-refractivity contribution in [2.24, 2.45) is 0 Å². The molecule has 2 fully saturated rings. The van der Waals surface area contributed by atoms with Crippen molar-refractivity contribution in [3.63, 3.8) is 0 Å². The van der Waals surface area contributed by atoms with Crippen molar-refractivity contribution in [2.45, 2.75) is 12.6 Å². The van der Waals surface area contributed by atoms with Crippen molar-refractivity contribution >= 4 is 58.1 Å². The second kappa shape index (κ2) is 12.8. The number of ether oxygens (including phenoxy) is 2. The summed E-state index contributed by atoms with van der Waals surface area (Å²) in [5.41, 5.74) is 2.26. The summed E-state index contributed by atoms with van der Waals surface area (Å²) < 4.78 is 12.6. The van der Waals surface area contributed by atoms with Crippen LogP contribution in [0.2, 0.25) is 4.34 Å². The number of aromatic nitrogens is 3. The van der Waals surface area contributed by atoms with Crippen LogP contribution in [0.1, 0.15) is 27.1 Å². The molecule has 0 spiro atoms. The highest BCUT2D eigenvalue weighted by molar-refractivity contribution is 7.16. The molecule has 212 valence electrons. The van der Waals surface area contributed by atoms with Crippen LogP contribution >= 0.6 is 34.3 Å². The summed E-state index contributed by atoms with van der Waals surface area (Å²) in [6.07, 6.45) is 0.942. The molecule has 3 aromatic rings. The van der Waals surface area contributed by atoms with Crippen molar-refractivity contribution in [2.75, 3.05) is 57.9 Å². The predicted octanol–water partition coefficient (Wildman–Crippen LogP) is 3.79. The molecule has 0 radical (unpaired) electrons. The van der Waals surface area contributed by atoms with Gasteiger partial charge in [0.2, 0.25) is 0 Å². The molecule has 3 aromatic heterocycles. The van der Waals surface area contributed by atoms with Gasteiger partial charge in [-0.2, -0.15) is 9.78 Å². The topological polar surface area (TPSA) is 122 Å². The molecule has 15 heteroatoms. The summed E-state index contributed by atoms with van der Waals surface area (Å²) in [5, 5.41) is 9.55. The highest BCUT2D eigenvalue weighted by Crippen LogP contribution is 2.30. The van der Waals surface area contributed by atoms with E-state index in [0.717, 1.165) is 4.88 Å². The normalized spacial score (nSPS) is 17.5. The molecule has 0 bridgehead atoms. The summed E-state index contributed by atoms with van der Waals surface area (Å²) in [6.45, 7) is 6.78. The highest BCUT2D eigenvalue weighted by atomic mass is 35.5. The number of thiazole rings is 1. The molecule has 2 saturated heterocycles. The SMILES string of the molecule is C=CCOC(=O)N1CCN(C(=O)N2CCOCC2)CC1c1cc(NCc2ccc(Cl)s2)n(C(=O)c2cscn2)n1. The van der Waals surface area contributed by atoms with E-state index in [-0.39, 0.29) is 31.4 Å². The standard InChI is InChI=1S/C25H28ClN7O5S2/c1-2-9-38-25(36)32-6-5-31(24(35)30-7-10-37-11-8-30)14-20(32)18-12-22(27-13-17-3-4-21(26)40-17)33(29-18)23(34)19-15-39-16-28-19/h2-4,12,15-16,20,27H,1,5-11,13-14H2. The number of halogens is 1. The van der Waals surface area contributed by atoms with Gasteiger partial charge in [-0.3, -0.25) is 9.69 Å². The van der Waals surface area contributed by atoms with Crippen LogP contribution in [0.5, 0.6) is 0 Å². The van der Waals surface area contributed by atoms with E-state index in [4.69, 9.17) is 21.1 Å². The van der Waals surface area contributed by atoms with Gasteiger partial charge >= 0.3 is 12.1 Å². The number of hydrogen-bond acceptors (Lipinski definition) is 10. The molecule has 2 aliphatic rings. The minimum Gasteiger partial charge on any atom is -0.445 e. The van der Waals surface area contributed by atoms with Crippen LogP contribution in [0, 0.1) is 0 Å². The molecular formula is C25H28ClN7O5S2. The summed E-state index contributed by atoms with van der Waals surface area (Å²) in [4.78, 5) is 49.8. The fourth-order valence-electron chi connectivity index (χ4n) is 4.49. The monoisotopic (exact) mass is 605 g/mol. The van der Waals surface area contributed by atoms with E-state index in [2.05, 4.69) is 22.0 Å². The minimum absolute atomic E-state index is 0.0470. The number of piperazine rings is 1. The Morgan fingerprint density at radius 3 is 2.73 bits per heavy atom. The third kappa shape index (κ3) is 6.30. The number of nitrogens with zero attached hydrogens (tertiary/aromatic N) is 6. The lowest BCUT2D eigenvalue weighted by Gasteiger charge is -2.42. The Kier molecular flexibility index (Phi) is 8.99. The largest absolute Gasteiger partial charge is 0.445 e. The number of hydrogen-bond donors (Lipinski definition) is 1. The summed E-state index contributed by atoms with van der Waals surface area (Å²) in [5.74, 6) is 0.00520. The van der Waals surface area contributed by atoms with Crippen LogP contribution in [0.15, 0.2) is 41.7 Å². The van der Waals surface area contributed by atoms with Gasteiger partial charge in [-0.05, 0) is 12.1 Å². The Morgan fingerprint density at radius 2 is 2.02 bits per heavy atom. The fraction of sp³-hybridized carbons (Fsp3) is 0.400. The molecule has 40 heavy (non-hydrogen) atoms. The van der Waals surface area contributed by atoms with E-state index in [1.807, 2.05) is 6.07 Å².